The molecule has 2 fully saturated rings. The number of carbonyl (C=O) groups excluding carboxylic acids is 1. The Kier molecular flexibility index (Phi) is 5.13. The van der Waals surface area contributed by atoms with Gasteiger partial charge in [0.05, 0.1) is 18.4 Å². The van der Waals surface area contributed by atoms with E-state index in [1.807, 2.05) is 24.3 Å². The third-order valence-corrected chi connectivity index (χ3v) is 5.39. The van der Waals surface area contributed by atoms with Crippen LogP contribution in [-0.2, 0) is 9.47 Å². The Hall–Kier alpha value is -2.38. The zero-order valence-electron chi connectivity index (χ0n) is 15.5. The lowest BCUT2D eigenvalue weighted by atomic mass is 9.84. The van der Waals surface area contributed by atoms with Crippen molar-refractivity contribution in [3.8, 4) is 11.4 Å². The van der Waals surface area contributed by atoms with Crippen LogP contribution in [0.1, 0.15) is 36.2 Å². The number of hydrogen-bond donors (Lipinski definition) is 1. The lowest BCUT2D eigenvalue weighted by Gasteiger charge is -2.43. The van der Waals surface area contributed by atoms with Gasteiger partial charge in [-0.25, -0.2) is 4.68 Å². The lowest BCUT2D eigenvalue weighted by molar-refractivity contribution is -0.139. The summed E-state index contributed by atoms with van der Waals surface area (Å²) in [6.07, 6.45) is 5.24. The summed E-state index contributed by atoms with van der Waals surface area (Å²) in [5, 5.41) is 7.55. The van der Waals surface area contributed by atoms with E-state index in [-0.39, 0.29) is 17.6 Å². The van der Waals surface area contributed by atoms with Crippen molar-refractivity contribution in [2.24, 2.45) is 0 Å². The number of amides is 1. The summed E-state index contributed by atoms with van der Waals surface area (Å²) in [5.74, 6) is 0.641. The zero-order chi connectivity index (χ0) is 18.7. The van der Waals surface area contributed by atoms with Crippen molar-refractivity contribution in [1.82, 2.24) is 15.1 Å². The van der Waals surface area contributed by atoms with Crippen LogP contribution in [0.4, 0.5) is 0 Å². The summed E-state index contributed by atoms with van der Waals surface area (Å²) in [7, 11) is 1.63. The fraction of sp³-hybridized carbons (Fsp3) is 0.500. The van der Waals surface area contributed by atoms with E-state index >= 15 is 0 Å². The molecule has 1 atom stereocenters. The van der Waals surface area contributed by atoms with E-state index in [0.29, 0.717) is 12.3 Å². The molecule has 0 saturated carbocycles. The normalized spacial score (nSPS) is 21.7. The van der Waals surface area contributed by atoms with Gasteiger partial charge in [0.2, 0.25) is 0 Å². The highest BCUT2D eigenvalue weighted by Crippen LogP contribution is 2.34. The molecule has 3 heterocycles. The van der Waals surface area contributed by atoms with Crippen molar-refractivity contribution < 1.29 is 19.0 Å². The quantitative estimate of drug-likeness (QED) is 0.893. The third-order valence-electron chi connectivity index (χ3n) is 5.39. The predicted octanol–water partition coefficient (Wildman–Crippen LogP) is 2.34. The molecule has 27 heavy (non-hydrogen) atoms. The number of nitrogens with one attached hydrogen (secondary N) is 1. The Morgan fingerprint density at radius 3 is 2.74 bits per heavy atom. The molecule has 2 aliphatic rings. The van der Waals surface area contributed by atoms with Gasteiger partial charge >= 0.3 is 0 Å². The molecule has 7 nitrogen and oxygen atoms in total. The van der Waals surface area contributed by atoms with Crippen LogP contribution in [0.3, 0.4) is 0 Å². The van der Waals surface area contributed by atoms with Gasteiger partial charge < -0.3 is 19.5 Å². The van der Waals surface area contributed by atoms with E-state index < -0.39 is 0 Å². The van der Waals surface area contributed by atoms with E-state index in [0.717, 1.165) is 50.3 Å². The Bertz CT molecular complexity index is 775. The van der Waals surface area contributed by atoms with Gasteiger partial charge in [0.15, 0.2) is 5.69 Å². The highest BCUT2D eigenvalue weighted by molar-refractivity contribution is 5.92. The first-order valence-corrected chi connectivity index (χ1v) is 9.40. The van der Waals surface area contributed by atoms with Crippen LogP contribution >= 0.6 is 0 Å². The highest BCUT2D eigenvalue weighted by Gasteiger charge is 2.39. The molecular formula is C20H25N3O4. The smallest absolute Gasteiger partial charge is 0.272 e. The van der Waals surface area contributed by atoms with Gasteiger partial charge in [0.1, 0.15) is 5.75 Å². The molecule has 1 aromatic heterocycles. The summed E-state index contributed by atoms with van der Waals surface area (Å²) in [6, 6.07) is 9.39. The molecule has 7 heteroatoms. The molecule has 0 unspecified atom stereocenters. The molecule has 0 aliphatic carbocycles. The molecule has 2 aromatic rings. The van der Waals surface area contributed by atoms with Crippen molar-refractivity contribution in [2.45, 2.75) is 37.3 Å². The number of aromatic nitrogens is 2. The molecule has 0 radical (unpaired) electrons. The first kappa shape index (κ1) is 18.0. The van der Waals surface area contributed by atoms with Crippen molar-refractivity contribution in [3.05, 3.63) is 42.2 Å². The topological polar surface area (TPSA) is 74.6 Å². The fourth-order valence-electron chi connectivity index (χ4n) is 3.83. The second kappa shape index (κ2) is 7.70. The monoisotopic (exact) mass is 371 g/mol. The van der Waals surface area contributed by atoms with Crippen LogP contribution in [0, 0.1) is 0 Å². The minimum absolute atomic E-state index is 0.107. The molecule has 0 bridgehead atoms. The van der Waals surface area contributed by atoms with Crippen LogP contribution in [0.2, 0.25) is 0 Å². The van der Waals surface area contributed by atoms with Crippen molar-refractivity contribution >= 4 is 5.91 Å². The second-order valence-corrected chi connectivity index (χ2v) is 7.15. The average Bonchev–Trinajstić information content (AvgIpc) is 3.19. The van der Waals surface area contributed by atoms with E-state index in [4.69, 9.17) is 14.2 Å². The number of methoxy groups -OCH3 is 1. The molecule has 4 rings (SSSR count). The molecule has 144 valence electrons. The summed E-state index contributed by atoms with van der Waals surface area (Å²) in [4.78, 5) is 12.7. The zero-order valence-corrected chi connectivity index (χ0v) is 15.5. The van der Waals surface area contributed by atoms with Gasteiger partial charge in [-0.05, 0) is 56.0 Å². The number of nitrogens with zero attached hydrogens (tertiary/aromatic N) is 2. The first-order chi connectivity index (χ1) is 13.2. The van der Waals surface area contributed by atoms with Gasteiger partial charge in [-0.1, -0.05) is 0 Å². The molecular weight excluding hydrogens is 346 g/mol. The van der Waals surface area contributed by atoms with Crippen LogP contribution < -0.4 is 10.1 Å². The van der Waals surface area contributed by atoms with Gasteiger partial charge in [0, 0.05) is 32.1 Å². The molecule has 1 N–H and O–H groups in total. The third kappa shape index (κ3) is 3.99. The minimum Gasteiger partial charge on any atom is -0.497 e. The van der Waals surface area contributed by atoms with E-state index in [9.17, 15) is 4.79 Å². The molecule has 1 aromatic carbocycles. The van der Waals surface area contributed by atoms with E-state index in [2.05, 4.69) is 10.4 Å². The summed E-state index contributed by atoms with van der Waals surface area (Å²) < 4.78 is 18.4. The Labute approximate surface area is 158 Å². The largest absolute Gasteiger partial charge is 0.497 e. The summed E-state index contributed by atoms with van der Waals surface area (Å²) in [5.41, 5.74) is 1.15. The Balaban J connectivity index is 1.40. The standard InChI is InChI=1S/C20H25N3O4/c1-25-17-4-2-16(3-5-17)23-10-6-18(22-23)19(24)21-15-7-11-27-20(14-15)8-12-26-13-9-20/h2-6,10,15H,7-9,11-14H2,1H3,(H,21,24)/t15-/m1/s1. The van der Waals surface area contributed by atoms with Gasteiger partial charge in [-0.3, -0.25) is 4.79 Å². The van der Waals surface area contributed by atoms with Crippen molar-refractivity contribution in [2.75, 3.05) is 26.9 Å². The maximum atomic E-state index is 12.7. The summed E-state index contributed by atoms with van der Waals surface area (Å²) >= 11 is 0. The lowest BCUT2D eigenvalue weighted by Crippen LogP contribution is -2.51. The van der Waals surface area contributed by atoms with Crippen molar-refractivity contribution in [3.63, 3.8) is 0 Å². The first-order valence-electron chi connectivity index (χ1n) is 9.40. The fourth-order valence-corrected chi connectivity index (χ4v) is 3.83. The Morgan fingerprint density at radius 2 is 2.00 bits per heavy atom. The molecule has 2 aliphatic heterocycles. The molecule has 2 saturated heterocycles. The average molecular weight is 371 g/mol. The van der Waals surface area contributed by atoms with E-state index in [1.54, 1.807) is 24.1 Å². The second-order valence-electron chi connectivity index (χ2n) is 7.15. The van der Waals surface area contributed by atoms with Crippen LogP contribution in [-0.4, -0.2) is 54.3 Å². The molecule has 1 amide bonds. The van der Waals surface area contributed by atoms with Gasteiger partial charge in [0.25, 0.3) is 5.91 Å². The minimum atomic E-state index is -0.142. The molecule has 1 spiro atoms. The van der Waals surface area contributed by atoms with E-state index in [1.165, 1.54) is 0 Å². The maximum absolute atomic E-state index is 12.7. The van der Waals surface area contributed by atoms with Gasteiger partial charge in [-0.2, -0.15) is 5.10 Å². The van der Waals surface area contributed by atoms with Crippen LogP contribution in [0.25, 0.3) is 5.69 Å². The number of carbonyl (C=O) groups is 1. The SMILES string of the molecule is COc1ccc(-n2ccc(C(=O)N[C@@H]3CCOC4(CCOCC4)C3)n2)cc1. The Morgan fingerprint density at radius 1 is 1.22 bits per heavy atom. The van der Waals surface area contributed by atoms with Crippen molar-refractivity contribution in [1.29, 1.82) is 0 Å². The van der Waals surface area contributed by atoms with Crippen LogP contribution in [0.15, 0.2) is 36.5 Å². The van der Waals surface area contributed by atoms with Gasteiger partial charge in [-0.15, -0.1) is 0 Å². The number of hydrogen-bond acceptors (Lipinski definition) is 5. The number of benzene rings is 1. The summed E-state index contributed by atoms with van der Waals surface area (Å²) in [6.45, 7) is 2.13. The number of ether oxygens (including phenoxy) is 3. The predicted molar refractivity (Wildman–Crippen MR) is 99.3 cm³/mol. The van der Waals surface area contributed by atoms with Crippen LogP contribution in [0.5, 0.6) is 5.75 Å². The maximum Gasteiger partial charge on any atom is 0.272 e. The number of rotatable bonds is 4. The highest BCUT2D eigenvalue weighted by atomic mass is 16.5.